The van der Waals surface area contributed by atoms with Gasteiger partial charge in [-0.15, -0.1) is 4.83 Å². The van der Waals surface area contributed by atoms with E-state index in [1.54, 1.807) is 31.4 Å². The SMILES string of the molecule is COc1cccc2c(NNS(=O)(=O)c3ccc(C)cc3)c3ccccc3nc12. The Morgan fingerprint density at radius 2 is 1.61 bits per heavy atom. The van der Waals surface area contributed by atoms with Gasteiger partial charge in [0.05, 0.1) is 23.2 Å². The van der Waals surface area contributed by atoms with Crippen LogP contribution in [0.5, 0.6) is 5.75 Å². The van der Waals surface area contributed by atoms with Gasteiger partial charge in [-0.2, -0.15) is 0 Å². The molecule has 0 saturated heterocycles. The van der Waals surface area contributed by atoms with Crippen molar-refractivity contribution in [3.63, 3.8) is 0 Å². The highest BCUT2D eigenvalue weighted by molar-refractivity contribution is 7.89. The number of hydrogen-bond donors (Lipinski definition) is 2. The van der Waals surface area contributed by atoms with Gasteiger partial charge in [0.25, 0.3) is 10.0 Å². The molecular formula is C21H19N3O3S. The molecule has 28 heavy (non-hydrogen) atoms. The molecular weight excluding hydrogens is 374 g/mol. The number of ether oxygens (including phenoxy) is 1. The van der Waals surface area contributed by atoms with E-state index in [0.717, 1.165) is 21.9 Å². The molecule has 0 radical (unpaired) electrons. The summed E-state index contributed by atoms with van der Waals surface area (Å²) in [6.07, 6.45) is 0. The summed E-state index contributed by atoms with van der Waals surface area (Å²) in [5.41, 5.74) is 5.90. The van der Waals surface area contributed by atoms with E-state index in [4.69, 9.17) is 4.74 Å². The van der Waals surface area contributed by atoms with Crippen molar-refractivity contribution in [3.05, 3.63) is 72.3 Å². The van der Waals surface area contributed by atoms with Gasteiger partial charge in [0.1, 0.15) is 11.3 Å². The van der Waals surface area contributed by atoms with Crippen LogP contribution in [0.2, 0.25) is 0 Å². The van der Waals surface area contributed by atoms with Crippen LogP contribution in [-0.2, 0) is 10.0 Å². The second kappa shape index (κ2) is 7.10. The lowest BCUT2D eigenvalue weighted by Crippen LogP contribution is -2.29. The molecule has 0 fully saturated rings. The van der Waals surface area contributed by atoms with Crippen molar-refractivity contribution < 1.29 is 13.2 Å². The van der Waals surface area contributed by atoms with E-state index < -0.39 is 10.0 Å². The van der Waals surface area contributed by atoms with Gasteiger partial charge < -0.3 is 10.2 Å². The minimum absolute atomic E-state index is 0.186. The van der Waals surface area contributed by atoms with Crippen molar-refractivity contribution >= 4 is 37.5 Å². The Hall–Kier alpha value is -3.16. The predicted octanol–water partition coefficient (Wildman–Crippen LogP) is 4.01. The predicted molar refractivity (Wildman–Crippen MR) is 111 cm³/mol. The standard InChI is InChI=1S/C21H19N3O3S/c1-14-10-12-15(13-11-14)28(25,26)24-23-20-16-6-3-4-8-18(16)22-21-17(20)7-5-9-19(21)27-2/h3-13,24H,1-2H3,(H,22,23). The van der Waals surface area contributed by atoms with Crippen molar-refractivity contribution in [2.45, 2.75) is 11.8 Å². The van der Waals surface area contributed by atoms with Crippen molar-refractivity contribution in [1.29, 1.82) is 0 Å². The summed E-state index contributed by atoms with van der Waals surface area (Å²) in [7, 11) is -2.16. The number of benzene rings is 3. The average Bonchev–Trinajstić information content (AvgIpc) is 2.71. The average molecular weight is 393 g/mol. The molecule has 6 nitrogen and oxygen atoms in total. The first kappa shape index (κ1) is 18.2. The number of nitrogens with zero attached hydrogens (tertiary/aromatic N) is 1. The molecule has 0 amide bonds. The van der Waals surface area contributed by atoms with Crippen LogP contribution in [0.4, 0.5) is 5.69 Å². The molecule has 0 bridgehead atoms. The van der Waals surface area contributed by atoms with Gasteiger partial charge in [-0.25, -0.2) is 13.4 Å². The second-order valence-electron chi connectivity index (χ2n) is 6.40. The lowest BCUT2D eigenvalue weighted by atomic mass is 10.1. The molecule has 0 unspecified atom stereocenters. The van der Waals surface area contributed by atoms with E-state index in [1.807, 2.05) is 49.4 Å². The van der Waals surface area contributed by atoms with Crippen LogP contribution < -0.4 is 15.0 Å². The number of fused-ring (bicyclic) bond motifs is 2. The first-order valence-corrected chi connectivity index (χ1v) is 10.2. The number of methoxy groups -OCH3 is 1. The van der Waals surface area contributed by atoms with E-state index in [9.17, 15) is 8.42 Å². The van der Waals surface area contributed by atoms with Gasteiger partial charge in [0, 0.05) is 10.8 Å². The van der Waals surface area contributed by atoms with Crippen LogP contribution >= 0.6 is 0 Å². The third kappa shape index (κ3) is 3.26. The maximum absolute atomic E-state index is 12.7. The zero-order chi connectivity index (χ0) is 19.7. The van der Waals surface area contributed by atoms with E-state index in [1.165, 1.54) is 0 Å². The highest BCUT2D eigenvalue weighted by atomic mass is 32.2. The Labute approximate surface area is 163 Å². The third-order valence-electron chi connectivity index (χ3n) is 4.54. The first-order chi connectivity index (χ1) is 13.5. The smallest absolute Gasteiger partial charge is 0.257 e. The molecule has 0 spiro atoms. The van der Waals surface area contributed by atoms with Crippen LogP contribution in [0.3, 0.4) is 0 Å². The molecule has 0 atom stereocenters. The minimum Gasteiger partial charge on any atom is -0.494 e. The van der Waals surface area contributed by atoms with E-state index in [0.29, 0.717) is 17.0 Å². The van der Waals surface area contributed by atoms with Crippen LogP contribution in [0.1, 0.15) is 5.56 Å². The normalized spacial score (nSPS) is 11.6. The van der Waals surface area contributed by atoms with Gasteiger partial charge in [0.15, 0.2) is 0 Å². The molecule has 0 aliphatic rings. The Balaban J connectivity index is 1.82. The molecule has 1 heterocycles. The maximum atomic E-state index is 12.7. The van der Waals surface area contributed by atoms with Crippen LogP contribution in [0.25, 0.3) is 21.8 Å². The van der Waals surface area contributed by atoms with Crippen molar-refractivity contribution in [2.75, 3.05) is 12.5 Å². The highest BCUT2D eigenvalue weighted by Gasteiger charge is 2.16. The van der Waals surface area contributed by atoms with Gasteiger partial charge in [-0.05, 0) is 31.2 Å². The van der Waals surface area contributed by atoms with Gasteiger partial charge in [0.2, 0.25) is 0 Å². The molecule has 1 aromatic heterocycles. The number of aromatic nitrogens is 1. The molecule has 4 aromatic rings. The number of para-hydroxylation sites is 2. The number of rotatable bonds is 5. The first-order valence-electron chi connectivity index (χ1n) is 8.69. The van der Waals surface area contributed by atoms with Crippen LogP contribution in [-0.4, -0.2) is 20.5 Å². The summed E-state index contributed by atoms with van der Waals surface area (Å²) in [6.45, 7) is 1.91. The number of sulfonamides is 1. The highest BCUT2D eigenvalue weighted by Crippen LogP contribution is 2.34. The van der Waals surface area contributed by atoms with Crippen molar-refractivity contribution in [3.8, 4) is 5.75 Å². The molecule has 7 heteroatoms. The second-order valence-corrected chi connectivity index (χ2v) is 8.09. The number of hydrazine groups is 1. The molecule has 4 rings (SSSR count). The number of hydrogen-bond acceptors (Lipinski definition) is 5. The summed E-state index contributed by atoms with van der Waals surface area (Å²) in [6, 6.07) is 19.8. The molecule has 0 aliphatic carbocycles. The third-order valence-corrected chi connectivity index (χ3v) is 5.80. The number of nitrogens with one attached hydrogen (secondary N) is 2. The number of aryl methyl sites for hydroxylation is 1. The quantitative estimate of drug-likeness (QED) is 0.396. The number of anilines is 1. The monoisotopic (exact) mass is 393 g/mol. The van der Waals surface area contributed by atoms with Gasteiger partial charge in [-0.1, -0.05) is 48.0 Å². The fraction of sp³-hybridized carbons (Fsp3) is 0.0952. The van der Waals surface area contributed by atoms with Crippen LogP contribution in [0.15, 0.2) is 71.6 Å². The summed E-state index contributed by atoms with van der Waals surface area (Å²) in [5.74, 6) is 0.618. The van der Waals surface area contributed by atoms with Crippen molar-refractivity contribution in [1.82, 2.24) is 9.82 Å². The zero-order valence-electron chi connectivity index (χ0n) is 15.4. The molecule has 3 aromatic carbocycles. The molecule has 2 N–H and O–H groups in total. The fourth-order valence-electron chi connectivity index (χ4n) is 3.08. The summed E-state index contributed by atoms with van der Waals surface area (Å²) >= 11 is 0. The lowest BCUT2D eigenvalue weighted by Gasteiger charge is -2.15. The lowest BCUT2D eigenvalue weighted by molar-refractivity contribution is 0.419. The Morgan fingerprint density at radius 3 is 2.36 bits per heavy atom. The summed E-state index contributed by atoms with van der Waals surface area (Å²) < 4.78 is 30.8. The number of pyridine rings is 1. The Morgan fingerprint density at radius 1 is 0.893 bits per heavy atom. The van der Waals surface area contributed by atoms with E-state index >= 15 is 0 Å². The van der Waals surface area contributed by atoms with Crippen molar-refractivity contribution in [2.24, 2.45) is 0 Å². The van der Waals surface area contributed by atoms with E-state index in [-0.39, 0.29) is 4.90 Å². The maximum Gasteiger partial charge on any atom is 0.257 e. The molecule has 0 aliphatic heterocycles. The van der Waals surface area contributed by atoms with Gasteiger partial charge >= 0.3 is 0 Å². The largest absolute Gasteiger partial charge is 0.494 e. The fourth-order valence-corrected chi connectivity index (χ4v) is 3.93. The Kier molecular flexibility index (Phi) is 4.62. The van der Waals surface area contributed by atoms with Gasteiger partial charge in [-0.3, -0.25) is 0 Å². The Bertz CT molecular complexity index is 1270. The minimum atomic E-state index is -3.74. The molecule has 142 valence electrons. The zero-order valence-corrected chi connectivity index (χ0v) is 16.2. The van der Waals surface area contributed by atoms with E-state index in [2.05, 4.69) is 15.2 Å². The topological polar surface area (TPSA) is 80.3 Å². The summed E-state index contributed by atoms with van der Waals surface area (Å²) in [5, 5.41) is 1.56. The van der Waals surface area contributed by atoms with Crippen LogP contribution in [0, 0.1) is 6.92 Å². The summed E-state index contributed by atoms with van der Waals surface area (Å²) in [4.78, 5) is 7.35. The molecule has 0 saturated carbocycles.